The molecule has 1 saturated carbocycles. The maximum absolute atomic E-state index is 16.0. The Labute approximate surface area is 372 Å². The molecule has 6 aliphatic rings. The van der Waals surface area contributed by atoms with E-state index in [4.69, 9.17) is 21.7 Å². The number of benzene rings is 2. The lowest BCUT2D eigenvalue weighted by molar-refractivity contribution is -0.231. The number of likely N-dealkylation sites (tertiary alicyclic amines) is 2. The number of anilines is 4. The van der Waals surface area contributed by atoms with Crippen molar-refractivity contribution in [1.29, 1.82) is 0 Å². The summed E-state index contributed by atoms with van der Waals surface area (Å²) in [5.41, 5.74) is 6.87. The van der Waals surface area contributed by atoms with Crippen LogP contribution < -0.4 is 25.8 Å². The second kappa shape index (κ2) is 15.4. The van der Waals surface area contributed by atoms with Gasteiger partial charge in [0.1, 0.15) is 6.17 Å². The first kappa shape index (κ1) is 41.0. The number of halogens is 4. The number of rotatable bonds is 10. The number of amides is 3. The van der Waals surface area contributed by atoms with Gasteiger partial charge in [0.25, 0.3) is 11.8 Å². The van der Waals surface area contributed by atoms with Crippen LogP contribution in [0.4, 0.5) is 36.1 Å². The molecule has 0 radical (unpaired) electrons. The minimum Gasteiger partial charge on any atom is -0.385 e. The molecule has 1 unspecified atom stereocenters. The van der Waals surface area contributed by atoms with E-state index < -0.39 is 35.4 Å². The standard InChI is InChI=1S/C46H47ClF3N11O3/c1-51-37-17-40(56-61-39(19-53-42(37)61)44(64)54-36-16-34(36)48)60-13-11-31-30(3-2-4-38(31)60)35-9-5-26(18-52-35)20-57-23-45(24-57)12-14-58(25-46(45,49)50)28-21-59(22-28)27-6-7-29(33(47)15-27)32-8-10-41(62)55-43(32)63/h2-7,9,15,17-19,28,32,34,36,51H,8,10-14,16,20-25H2,1H3,(H,54,64)(H,55,62,63)/t32?,34-,36+/m0/s1. The molecule has 14 nitrogen and oxygen atoms in total. The smallest absolute Gasteiger partial charge is 0.271 e. The van der Waals surface area contributed by atoms with Crippen LogP contribution in [0.25, 0.3) is 16.9 Å². The largest absolute Gasteiger partial charge is 0.385 e. The SMILES string of the molecule is CNc1cc(N2CCc3c(-c4ccc(CN5CC6(CCN(C7CN(c8ccc(C9CCC(=O)NC9=O)c(Cl)c8)C7)CC6(F)F)C5)cn4)cccc32)nn2c(C(=O)N[C@@H]3C[C@@H]3F)cnc12. The molecule has 1 aliphatic carbocycles. The van der Waals surface area contributed by atoms with Gasteiger partial charge in [-0.25, -0.2) is 22.7 Å². The molecule has 3 atom stereocenters. The summed E-state index contributed by atoms with van der Waals surface area (Å²) in [6.07, 6.45) is 4.47. The number of imide groups is 1. The highest BCUT2D eigenvalue weighted by Gasteiger charge is 2.63. The van der Waals surface area contributed by atoms with Crippen LogP contribution in [0.5, 0.6) is 0 Å². The maximum atomic E-state index is 16.0. The molecule has 0 bridgehead atoms. The molecule has 2 aromatic carbocycles. The second-order valence-electron chi connectivity index (χ2n) is 18.3. The summed E-state index contributed by atoms with van der Waals surface area (Å²) in [5.74, 6) is -3.68. The van der Waals surface area contributed by atoms with Gasteiger partial charge in [0.15, 0.2) is 17.2 Å². The van der Waals surface area contributed by atoms with Crippen LogP contribution in [0.3, 0.4) is 0 Å². The Bertz CT molecular complexity index is 2700. The number of piperidine rings is 2. The fraction of sp³-hybridized carbons (Fsp3) is 0.435. The average Bonchev–Trinajstić information content (AvgIpc) is 3.56. The van der Waals surface area contributed by atoms with E-state index >= 15 is 8.78 Å². The summed E-state index contributed by atoms with van der Waals surface area (Å²) in [6, 6.07) is 17.2. The van der Waals surface area contributed by atoms with Gasteiger partial charge in [-0.1, -0.05) is 35.9 Å². The molecule has 64 heavy (non-hydrogen) atoms. The zero-order chi connectivity index (χ0) is 44.1. The van der Waals surface area contributed by atoms with Gasteiger partial charge in [0.05, 0.1) is 41.5 Å². The number of aromatic nitrogens is 4. The third kappa shape index (κ3) is 7.02. The molecule has 4 saturated heterocycles. The van der Waals surface area contributed by atoms with Gasteiger partial charge in [-0.3, -0.25) is 34.5 Å². The number of nitrogens with zero attached hydrogens (tertiary/aromatic N) is 8. The van der Waals surface area contributed by atoms with Crippen LogP contribution in [0, 0.1) is 5.41 Å². The Kier molecular flexibility index (Phi) is 9.88. The number of fused-ring (bicyclic) bond motifs is 2. The van der Waals surface area contributed by atoms with Crippen molar-refractivity contribution in [3.8, 4) is 11.3 Å². The lowest BCUT2D eigenvalue weighted by atomic mass is 9.68. The normalized spacial score (nSPS) is 24.0. The molecular formula is C46H47ClF3N11O3. The molecule has 3 amide bonds. The first-order valence-corrected chi connectivity index (χ1v) is 22.3. The molecule has 5 aromatic rings. The van der Waals surface area contributed by atoms with Crippen LogP contribution in [0.1, 0.15) is 58.8 Å². The lowest BCUT2D eigenvalue weighted by Crippen LogP contribution is -2.72. The zero-order valence-corrected chi connectivity index (χ0v) is 35.9. The number of hydrogen-bond donors (Lipinski definition) is 3. The third-order valence-corrected chi connectivity index (χ3v) is 14.6. The van der Waals surface area contributed by atoms with Crippen LogP contribution in [-0.2, 0) is 22.6 Å². The molecule has 332 valence electrons. The van der Waals surface area contributed by atoms with Crippen LogP contribution in [0.2, 0.25) is 5.02 Å². The number of carbonyl (C=O) groups excluding carboxylic acids is 3. The summed E-state index contributed by atoms with van der Waals surface area (Å²) in [5, 5.41) is 13.6. The van der Waals surface area contributed by atoms with Gasteiger partial charge in [-0.15, -0.1) is 5.10 Å². The van der Waals surface area contributed by atoms with Gasteiger partial charge in [-0.2, -0.15) is 0 Å². The van der Waals surface area contributed by atoms with Crippen molar-refractivity contribution < 1.29 is 27.6 Å². The number of imidazole rings is 1. The minimum absolute atomic E-state index is 0.0223. The monoisotopic (exact) mass is 893 g/mol. The highest BCUT2D eigenvalue weighted by atomic mass is 35.5. The van der Waals surface area contributed by atoms with Crippen molar-refractivity contribution in [2.75, 3.05) is 68.0 Å². The van der Waals surface area contributed by atoms with E-state index in [1.165, 1.54) is 10.7 Å². The van der Waals surface area contributed by atoms with Crippen molar-refractivity contribution in [3.63, 3.8) is 0 Å². The van der Waals surface area contributed by atoms with E-state index in [-0.39, 0.29) is 36.5 Å². The summed E-state index contributed by atoms with van der Waals surface area (Å²) >= 11 is 6.61. The molecule has 3 aromatic heterocycles. The minimum atomic E-state index is -2.82. The Morgan fingerprint density at radius 3 is 2.55 bits per heavy atom. The van der Waals surface area contributed by atoms with E-state index in [1.54, 1.807) is 7.05 Å². The number of pyridine rings is 1. The van der Waals surface area contributed by atoms with Crippen LogP contribution >= 0.6 is 11.6 Å². The predicted octanol–water partition coefficient (Wildman–Crippen LogP) is 5.57. The van der Waals surface area contributed by atoms with Crippen LogP contribution in [0.15, 0.2) is 67.0 Å². The van der Waals surface area contributed by atoms with E-state index in [0.717, 1.165) is 40.2 Å². The third-order valence-electron chi connectivity index (χ3n) is 14.2. The van der Waals surface area contributed by atoms with Gasteiger partial charge >= 0.3 is 0 Å². The van der Waals surface area contributed by atoms with E-state index in [0.29, 0.717) is 92.8 Å². The van der Waals surface area contributed by atoms with Gasteiger partial charge in [-0.05, 0) is 66.8 Å². The van der Waals surface area contributed by atoms with Gasteiger partial charge in [0.2, 0.25) is 11.8 Å². The molecule has 11 rings (SSSR count). The van der Waals surface area contributed by atoms with Crippen LogP contribution in [-0.4, -0.2) is 124 Å². The Morgan fingerprint density at radius 1 is 1.00 bits per heavy atom. The molecule has 3 N–H and O–H groups in total. The Balaban J connectivity index is 0.703. The molecule has 18 heteroatoms. The Hall–Kier alpha value is -5.78. The summed E-state index contributed by atoms with van der Waals surface area (Å²) in [4.78, 5) is 54.5. The van der Waals surface area contributed by atoms with Crippen molar-refractivity contribution >= 4 is 57.8 Å². The fourth-order valence-corrected chi connectivity index (χ4v) is 10.7. The summed E-state index contributed by atoms with van der Waals surface area (Å²) < 4.78 is 47.1. The molecule has 1 spiro atoms. The molecule has 5 aliphatic heterocycles. The lowest BCUT2D eigenvalue weighted by Gasteiger charge is -2.59. The van der Waals surface area contributed by atoms with E-state index in [1.807, 2.05) is 59.6 Å². The first-order valence-electron chi connectivity index (χ1n) is 22.0. The van der Waals surface area contributed by atoms with E-state index in [2.05, 4.69) is 41.7 Å². The van der Waals surface area contributed by atoms with Crippen molar-refractivity contribution in [2.24, 2.45) is 5.41 Å². The first-order chi connectivity index (χ1) is 30.9. The molecule has 8 heterocycles. The van der Waals surface area contributed by atoms with E-state index in [9.17, 15) is 18.8 Å². The number of nitrogens with one attached hydrogen (secondary N) is 3. The highest BCUT2D eigenvalue weighted by molar-refractivity contribution is 6.32. The summed E-state index contributed by atoms with van der Waals surface area (Å²) in [7, 11) is 1.79. The second-order valence-corrected chi connectivity index (χ2v) is 18.7. The fourth-order valence-electron chi connectivity index (χ4n) is 10.4. The zero-order valence-electron chi connectivity index (χ0n) is 35.2. The topological polar surface area (TPSA) is 143 Å². The average molecular weight is 894 g/mol. The quantitative estimate of drug-likeness (QED) is 0.152. The van der Waals surface area contributed by atoms with Crippen molar-refractivity contribution in [1.82, 2.24) is 40.0 Å². The number of hydrogen-bond acceptors (Lipinski definition) is 11. The van der Waals surface area contributed by atoms with Gasteiger partial charge < -0.3 is 20.4 Å². The predicted molar refractivity (Wildman–Crippen MR) is 235 cm³/mol. The van der Waals surface area contributed by atoms with Crippen molar-refractivity contribution in [3.05, 3.63) is 94.4 Å². The number of carbonyl (C=O) groups is 3. The maximum Gasteiger partial charge on any atom is 0.271 e. The molecular weight excluding hydrogens is 847 g/mol. The molecule has 5 fully saturated rings. The van der Waals surface area contributed by atoms with Crippen molar-refractivity contribution in [2.45, 2.75) is 68.7 Å². The summed E-state index contributed by atoms with van der Waals surface area (Å²) in [6.45, 7) is 3.50. The highest BCUT2D eigenvalue weighted by Crippen LogP contribution is 2.51. The number of alkyl halides is 3. The van der Waals surface area contributed by atoms with Gasteiger partial charge in [0, 0.05) is 99.4 Å². The Morgan fingerprint density at radius 2 is 1.83 bits per heavy atom.